The van der Waals surface area contributed by atoms with Crippen molar-refractivity contribution in [3.63, 3.8) is 0 Å². The SMILES string of the molecule is CCCC(CO)OCCN. The monoisotopic (exact) mass is 147 g/mol. The number of nitrogens with two attached hydrogens (primary N) is 1. The number of aliphatic hydroxyl groups excluding tert-OH is 1. The lowest BCUT2D eigenvalue weighted by atomic mass is 10.2. The van der Waals surface area contributed by atoms with Gasteiger partial charge in [-0.3, -0.25) is 0 Å². The summed E-state index contributed by atoms with van der Waals surface area (Å²) in [6.45, 7) is 3.24. The summed E-state index contributed by atoms with van der Waals surface area (Å²) >= 11 is 0. The fourth-order valence-corrected chi connectivity index (χ4v) is 0.784. The number of rotatable bonds is 6. The molecule has 62 valence electrons. The molecule has 0 rings (SSSR count). The summed E-state index contributed by atoms with van der Waals surface area (Å²) in [6, 6.07) is 0. The van der Waals surface area contributed by atoms with E-state index < -0.39 is 0 Å². The van der Waals surface area contributed by atoms with Crippen molar-refractivity contribution >= 4 is 0 Å². The zero-order valence-corrected chi connectivity index (χ0v) is 6.55. The Labute approximate surface area is 62.2 Å². The molecule has 3 N–H and O–H groups in total. The minimum Gasteiger partial charge on any atom is -0.394 e. The van der Waals surface area contributed by atoms with E-state index in [9.17, 15) is 0 Å². The van der Waals surface area contributed by atoms with E-state index in [-0.39, 0.29) is 12.7 Å². The van der Waals surface area contributed by atoms with Crippen LogP contribution in [-0.4, -0.2) is 31.0 Å². The molecular weight excluding hydrogens is 130 g/mol. The van der Waals surface area contributed by atoms with Crippen molar-refractivity contribution < 1.29 is 9.84 Å². The van der Waals surface area contributed by atoms with Gasteiger partial charge in [-0.2, -0.15) is 0 Å². The average Bonchev–Trinajstić information content (AvgIpc) is 1.98. The van der Waals surface area contributed by atoms with Crippen molar-refractivity contribution in [2.24, 2.45) is 5.73 Å². The second kappa shape index (κ2) is 6.99. The molecule has 0 aliphatic rings. The van der Waals surface area contributed by atoms with Crippen LogP contribution < -0.4 is 5.73 Å². The first-order valence-corrected chi connectivity index (χ1v) is 3.77. The predicted molar refractivity (Wildman–Crippen MR) is 40.8 cm³/mol. The minimum absolute atomic E-state index is 0.00597. The molecule has 0 saturated heterocycles. The van der Waals surface area contributed by atoms with E-state index in [0.717, 1.165) is 12.8 Å². The standard InChI is InChI=1S/C7H17NO2/c1-2-3-7(6-9)10-5-4-8/h7,9H,2-6,8H2,1H3. The van der Waals surface area contributed by atoms with E-state index in [1.165, 1.54) is 0 Å². The summed E-state index contributed by atoms with van der Waals surface area (Å²) < 4.78 is 5.21. The molecule has 0 radical (unpaired) electrons. The van der Waals surface area contributed by atoms with Crippen molar-refractivity contribution in [1.82, 2.24) is 0 Å². The summed E-state index contributed by atoms with van der Waals surface area (Å²) in [5.74, 6) is 0. The Balaban J connectivity index is 3.21. The van der Waals surface area contributed by atoms with Gasteiger partial charge in [0.2, 0.25) is 0 Å². The van der Waals surface area contributed by atoms with Crippen LogP contribution in [0.2, 0.25) is 0 Å². The molecule has 0 aliphatic carbocycles. The third-order valence-electron chi connectivity index (χ3n) is 1.29. The van der Waals surface area contributed by atoms with Crippen molar-refractivity contribution in [3.05, 3.63) is 0 Å². The normalized spacial score (nSPS) is 13.5. The van der Waals surface area contributed by atoms with E-state index in [2.05, 4.69) is 6.92 Å². The second-order valence-electron chi connectivity index (χ2n) is 2.25. The molecule has 0 spiro atoms. The van der Waals surface area contributed by atoms with Crippen molar-refractivity contribution in [2.45, 2.75) is 25.9 Å². The Bertz CT molecular complexity index is 68.6. The second-order valence-corrected chi connectivity index (χ2v) is 2.25. The Morgan fingerprint density at radius 3 is 2.70 bits per heavy atom. The van der Waals surface area contributed by atoms with Crippen LogP contribution in [0.5, 0.6) is 0 Å². The lowest BCUT2D eigenvalue weighted by Crippen LogP contribution is -2.21. The van der Waals surface area contributed by atoms with E-state index in [1.807, 2.05) is 0 Å². The van der Waals surface area contributed by atoms with E-state index in [1.54, 1.807) is 0 Å². The van der Waals surface area contributed by atoms with Crippen LogP contribution in [0.25, 0.3) is 0 Å². The van der Waals surface area contributed by atoms with E-state index in [0.29, 0.717) is 13.2 Å². The number of hydrogen-bond acceptors (Lipinski definition) is 3. The van der Waals surface area contributed by atoms with Crippen LogP contribution in [0.3, 0.4) is 0 Å². The first kappa shape index (κ1) is 9.88. The van der Waals surface area contributed by atoms with Crippen LogP contribution in [0.4, 0.5) is 0 Å². The van der Waals surface area contributed by atoms with Gasteiger partial charge >= 0.3 is 0 Å². The predicted octanol–water partition coefficient (Wildman–Crippen LogP) is 0.123. The number of aliphatic hydroxyl groups is 1. The summed E-state index contributed by atoms with van der Waals surface area (Å²) in [4.78, 5) is 0. The molecule has 0 aromatic carbocycles. The highest BCUT2D eigenvalue weighted by molar-refractivity contribution is 4.53. The smallest absolute Gasteiger partial charge is 0.0806 e. The van der Waals surface area contributed by atoms with Gasteiger partial charge in [-0.05, 0) is 6.42 Å². The molecule has 0 bridgehead atoms. The van der Waals surface area contributed by atoms with Crippen LogP contribution >= 0.6 is 0 Å². The Morgan fingerprint density at radius 2 is 2.30 bits per heavy atom. The van der Waals surface area contributed by atoms with Crippen LogP contribution in [0.1, 0.15) is 19.8 Å². The maximum Gasteiger partial charge on any atom is 0.0806 e. The van der Waals surface area contributed by atoms with Gasteiger partial charge in [0, 0.05) is 6.54 Å². The molecule has 0 aromatic heterocycles. The first-order chi connectivity index (χ1) is 4.85. The van der Waals surface area contributed by atoms with Crippen molar-refractivity contribution in [3.8, 4) is 0 Å². The first-order valence-electron chi connectivity index (χ1n) is 3.77. The van der Waals surface area contributed by atoms with Crippen molar-refractivity contribution in [1.29, 1.82) is 0 Å². The summed E-state index contributed by atoms with van der Waals surface area (Å²) in [6.07, 6.45) is 1.94. The molecule has 0 heterocycles. The summed E-state index contributed by atoms with van der Waals surface area (Å²) in [7, 11) is 0. The van der Waals surface area contributed by atoms with Gasteiger partial charge in [-0.1, -0.05) is 13.3 Å². The van der Waals surface area contributed by atoms with E-state index >= 15 is 0 Å². The van der Waals surface area contributed by atoms with Gasteiger partial charge in [0.25, 0.3) is 0 Å². The molecule has 3 heteroatoms. The van der Waals surface area contributed by atoms with Gasteiger partial charge in [-0.15, -0.1) is 0 Å². The number of ether oxygens (including phenoxy) is 1. The molecule has 1 atom stereocenters. The molecular formula is C7H17NO2. The quantitative estimate of drug-likeness (QED) is 0.561. The third kappa shape index (κ3) is 4.73. The zero-order valence-electron chi connectivity index (χ0n) is 6.55. The lowest BCUT2D eigenvalue weighted by Gasteiger charge is -2.12. The van der Waals surface area contributed by atoms with Gasteiger partial charge in [0.1, 0.15) is 0 Å². The Morgan fingerprint density at radius 1 is 1.60 bits per heavy atom. The third-order valence-corrected chi connectivity index (χ3v) is 1.29. The molecule has 0 saturated carbocycles. The highest BCUT2D eigenvalue weighted by Crippen LogP contribution is 1.99. The van der Waals surface area contributed by atoms with Gasteiger partial charge in [0.15, 0.2) is 0 Å². The van der Waals surface area contributed by atoms with Crippen LogP contribution in [0, 0.1) is 0 Å². The van der Waals surface area contributed by atoms with Gasteiger partial charge in [0.05, 0.1) is 19.3 Å². The zero-order chi connectivity index (χ0) is 7.82. The Hall–Kier alpha value is -0.120. The highest BCUT2D eigenvalue weighted by atomic mass is 16.5. The fraction of sp³-hybridized carbons (Fsp3) is 1.00. The topological polar surface area (TPSA) is 55.5 Å². The fourth-order valence-electron chi connectivity index (χ4n) is 0.784. The van der Waals surface area contributed by atoms with Crippen molar-refractivity contribution in [2.75, 3.05) is 19.8 Å². The van der Waals surface area contributed by atoms with Gasteiger partial charge in [-0.25, -0.2) is 0 Å². The molecule has 0 fully saturated rings. The molecule has 3 nitrogen and oxygen atoms in total. The van der Waals surface area contributed by atoms with E-state index in [4.69, 9.17) is 15.6 Å². The average molecular weight is 147 g/mol. The molecule has 0 amide bonds. The Kier molecular flexibility index (Phi) is 6.91. The lowest BCUT2D eigenvalue weighted by molar-refractivity contribution is 0.0119. The minimum atomic E-state index is -0.00597. The maximum absolute atomic E-state index is 8.72. The summed E-state index contributed by atoms with van der Waals surface area (Å²) in [5.41, 5.74) is 5.22. The maximum atomic E-state index is 8.72. The number of hydrogen-bond donors (Lipinski definition) is 2. The molecule has 10 heavy (non-hydrogen) atoms. The summed E-state index contributed by atoms with van der Waals surface area (Å²) in [5, 5.41) is 8.72. The molecule has 0 aliphatic heterocycles. The molecule has 0 aromatic rings. The molecule has 1 unspecified atom stereocenters. The highest BCUT2D eigenvalue weighted by Gasteiger charge is 2.03. The van der Waals surface area contributed by atoms with Crippen LogP contribution in [-0.2, 0) is 4.74 Å². The van der Waals surface area contributed by atoms with Gasteiger partial charge < -0.3 is 15.6 Å². The van der Waals surface area contributed by atoms with Crippen LogP contribution in [0.15, 0.2) is 0 Å². The largest absolute Gasteiger partial charge is 0.394 e.